The van der Waals surface area contributed by atoms with Crippen molar-refractivity contribution in [2.75, 3.05) is 19.8 Å². The Balaban J connectivity index is 1.41. The van der Waals surface area contributed by atoms with Gasteiger partial charge in [0.05, 0.1) is 24.7 Å². The van der Waals surface area contributed by atoms with Crippen molar-refractivity contribution < 1.29 is 19.5 Å². The van der Waals surface area contributed by atoms with Crippen LogP contribution in [0, 0.1) is 38.0 Å². The number of fused-ring (bicyclic) bond motifs is 3. The quantitative estimate of drug-likeness (QED) is 0.540. The van der Waals surface area contributed by atoms with E-state index in [0.717, 1.165) is 39.7 Å². The largest absolute Gasteiger partial charge is 0.493 e. The number of nitrogens with zero attached hydrogens (tertiary/aromatic N) is 2. The smallest absolute Gasteiger partial charge is 0.268 e. The first-order valence-corrected chi connectivity index (χ1v) is 12.0. The van der Waals surface area contributed by atoms with E-state index in [1.165, 1.54) is 16.0 Å². The van der Waals surface area contributed by atoms with Crippen LogP contribution in [0.3, 0.4) is 0 Å². The van der Waals surface area contributed by atoms with Crippen molar-refractivity contribution in [2.24, 2.45) is 17.3 Å². The average molecular weight is 455 g/mol. The summed E-state index contributed by atoms with van der Waals surface area (Å²) in [5, 5.41) is 22.8. The van der Waals surface area contributed by atoms with Gasteiger partial charge in [-0.3, -0.25) is 0 Å². The third kappa shape index (κ3) is 3.29. The van der Waals surface area contributed by atoms with Gasteiger partial charge >= 0.3 is 0 Å². The summed E-state index contributed by atoms with van der Waals surface area (Å²) in [6.45, 7) is 11.0. The molecule has 2 aromatic heterocycles. The summed E-state index contributed by atoms with van der Waals surface area (Å²) in [6.07, 6.45) is 1.11. The lowest BCUT2D eigenvalue weighted by Crippen LogP contribution is -2.20. The van der Waals surface area contributed by atoms with Crippen molar-refractivity contribution in [2.45, 2.75) is 47.0 Å². The van der Waals surface area contributed by atoms with Gasteiger partial charge in [-0.2, -0.15) is 4.98 Å². The molecular weight excluding hydrogens is 424 g/mol. The number of aliphatic hydroxyl groups is 2. The first-order valence-electron chi connectivity index (χ1n) is 11.2. The molecule has 0 saturated heterocycles. The van der Waals surface area contributed by atoms with Crippen LogP contribution in [0.15, 0.2) is 16.7 Å². The average Bonchev–Trinajstić information content (AvgIpc) is 3.25. The van der Waals surface area contributed by atoms with E-state index in [0.29, 0.717) is 23.0 Å². The van der Waals surface area contributed by atoms with E-state index < -0.39 is 0 Å². The molecule has 2 heterocycles. The summed E-state index contributed by atoms with van der Waals surface area (Å²) in [5.74, 6) is 3.08. The molecule has 0 amide bonds. The van der Waals surface area contributed by atoms with Crippen LogP contribution in [0.25, 0.3) is 22.2 Å². The number of thiophene rings is 1. The van der Waals surface area contributed by atoms with Gasteiger partial charge in [0.15, 0.2) is 0 Å². The van der Waals surface area contributed by atoms with E-state index in [1.54, 1.807) is 11.3 Å². The second kappa shape index (κ2) is 7.68. The SMILES string of the molecule is Cc1cc(-c2noc(-c3sc(C)c4c3C[C@@H]3[C@H]4C3(C)C)n2)cc(C)c1OCC(CO)CO. The number of aliphatic hydroxyl groups excluding tert-OH is 2. The molecule has 2 N–H and O–H groups in total. The molecule has 170 valence electrons. The topological polar surface area (TPSA) is 88.6 Å². The number of benzene rings is 1. The van der Waals surface area contributed by atoms with Gasteiger partial charge in [0, 0.05) is 16.4 Å². The second-order valence-electron chi connectivity index (χ2n) is 9.89. The zero-order valence-corrected chi connectivity index (χ0v) is 20.0. The van der Waals surface area contributed by atoms with Gasteiger partial charge in [-0.05, 0) is 78.8 Å². The Morgan fingerprint density at radius 1 is 1.19 bits per heavy atom. The lowest BCUT2D eigenvalue weighted by molar-refractivity contribution is 0.105. The minimum Gasteiger partial charge on any atom is -0.493 e. The molecule has 0 aliphatic heterocycles. The van der Waals surface area contributed by atoms with E-state index in [9.17, 15) is 10.2 Å². The number of rotatable bonds is 7. The molecule has 5 rings (SSSR count). The molecule has 2 atom stereocenters. The van der Waals surface area contributed by atoms with Gasteiger partial charge < -0.3 is 19.5 Å². The Bertz CT molecular complexity index is 1150. The highest BCUT2D eigenvalue weighted by atomic mass is 32.1. The van der Waals surface area contributed by atoms with Gasteiger partial charge in [0.25, 0.3) is 5.89 Å². The lowest BCUT2D eigenvalue weighted by atomic mass is 9.95. The Morgan fingerprint density at radius 2 is 1.88 bits per heavy atom. The van der Waals surface area contributed by atoms with Crippen LogP contribution < -0.4 is 4.74 Å². The van der Waals surface area contributed by atoms with Crippen molar-refractivity contribution in [1.29, 1.82) is 0 Å². The highest BCUT2D eigenvalue weighted by Gasteiger charge is 2.63. The summed E-state index contributed by atoms with van der Waals surface area (Å²) in [4.78, 5) is 7.27. The minimum atomic E-state index is -0.291. The molecule has 1 saturated carbocycles. The van der Waals surface area contributed by atoms with Crippen LogP contribution in [0.5, 0.6) is 5.75 Å². The van der Waals surface area contributed by atoms with Crippen molar-refractivity contribution in [1.82, 2.24) is 10.1 Å². The third-order valence-electron chi connectivity index (χ3n) is 7.34. The van der Waals surface area contributed by atoms with Gasteiger partial charge in [0.2, 0.25) is 5.82 Å². The monoisotopic (exact) mass is 454 g/mol. The van der Waals surface area contributed by atoms with Crippen LogP contribution in [0.2, 0.25) is 0 Å². The molecular formula is C25H30N2O4S. The van der Waals surface area contributed by atoms with Crippen LogP contribution in [0.4, 0.5) is 0 Å². The van der Waals surface area contributed by atoms with E-state index in [2.05, 4.69) is 25.9 Å². The van der Waals surface area contributed by atoms with E-state index in [1.807, 2.05) is 26.0 Å². The van der Waals surface area contributed by atoms with Crippen LogP contribution in [-0.4, -0.2) is 40.2 Å². The number of aryl methyl sites for hydroxylation is 3. The van der Waals surface area contributed by atoms with Crippen molar-refractivity contribution >= 4 is 11.3 Å². The highest BCUT2D eigenvalue weighted by molar-refractivity contribution is 7.15. The van der Waals surface area contributed by atoms with Gasteiger partial charge in [-0.15, -0.1) is 11.3 Å². The van der Waals surface area contributed by atoms with E-state index in [-0.39, 0.29) is 25.7 Å². The molecule has 1 fully saturated rings. The Morgan fingerprint density at radius 3 is 2.53 bits per heavy atom. The predicted octanol–water partition coefficient (Wildman–Crippen LogP) is 4.67. The third-order valence-corrected chi connectivity index (χ3v) is 8.49. The number of aromatic nitrogens is 2. The van der Waals surface area contributed by atoms with E-state index in [4.69, 9.17) is 14.2 Å². The molecule has 6 nitrogen and oxygen atoms in total. The number of ether oxygens (including phenoxy) is 1. The zero-order chi connectivity index (χ0) is 22.8. The molecule has 2 aliphatic rings. The van der Waals surface area contributed by atoms with Crippen LogP contribution in [0.1, 0.15) is 46.9 Å². The fraction of sp³-hybridized carbons (Fsp3) is 0.520. The second-order valence-corrected chi connectivity index (χ2v) is 11.1. The standard InChI is InChI=1S/C25H30N2O4S/c1-12-6-16(7-13(2)21(12)30-11-15(9-28)10-29)23-26-24(31-27-23)22-17-8-18-20(25(18,4)5)19(17)14(3)32-22/h6-7,15,18,20,28-29H,8-11H2,1-5H3/t18-,20-/m1/s1. The maximum Gasteiger partial charge on any atom is 0.268 e. The molecule has 2 aliphatic carbocycles. The van der Waals surface area contributed by atoms with Crippen LogP contribution >= 0.6 is 11.3 Å². The van der Waals surface area contributed by atoms with Crippen molar-refractivity contribution in [3.63, 3.8) is 0 Å². The van der Waals surface area contributed by atoms with Crippen molar-refractivity contribution in [3.8, 4) is 27.9 Å². The normalized spacial score (nSPS) is 20.5. The highest BCUT2D eigenvalue weighted by Crippen LogP contribution is 2.72. The molecule has 0 radical (unpaired) electrons. The summed E-state index contributed by atoms with van der Waals surface area (Å²) < 4.78 is 11.6. The van der Waals surface area contributed by atoms with Gasteiger partial charge in [-0.25, -0.2) is 0 Å². The van der Waals surface area contributed by atoms with Gasteiger partial charge in [0.1, 0.15) is 5.75 Å². The molecule has 1 aromatic carbocycles. The summed E-state index contributed by atoms with van der Waals surface area (Å²) in [7, 11) is 0. The first-order chi connectivity index (χ1) is 15.3. The summed E-state index contributed by atoms with van der Waals surface area (Å²) in [5.41, 5.74) is 6.15. The van der Waals surface area contributed by atoms with E-state index >= 15 is 0 Å². The number of hydrogen-bond donors (Lipinski definition) is 2. The minimum absolute atomic E-state index is 0.108. The molecule has 3 aromatic rings. The summed E-state index contributed by atoms with van der Waals surface area (Å²) >= 11 is 1.77. The Labute approximate surface area is 192 Å². The maximum atomic E-state index is 9.27. The fourth-order valence-electron chi connectivity index (χ4n) is 5.41. The lowest BCUT2D eigenvalue weighted by Gasteiger charge is -2.16. The summed E-state index contributed by atoms with van der Waals surface area (Å²) in [6, 6.07) is 3.98. The fourth-order valence-corrected chi connectivity index (χ4v) is 6.56. The predicted molar refractivity (Wildman–Crippen MR) is 124 cm³/mol. The van der Waals surface area contributed by atoms with Crippen molar-refractivity contribution in [3.05, 3.63) is 39.3 Å². The van der Waals surface area contributed by atoms with Gasteiger partial charge in [-0.1, -0.05) is 19.0 Å². The Hall–Kier alpha value is -2.22. The first kappa shape index (κ1) is 21.6. The van der Waals surface area contributed by atoms with Crippen LogP contribution in [-0.2, 0) is 6.42 Å². The molecule has 0 bridgehead atoms. The Kier molecular flexibility index (Phi) is 5.19. The molecule has 32 heavy (non-hydrogen) atoms. The molecule has 0 unspecified atom stereocenters. The zero-order valence-electron chi connectivity index (χ0n) is 19.2. The molecule has 0 spiro atoms. The number of hydrogen-bond acceptors (Lipinski definition) is 7. The maximum absolute atomic E-state index is 9.27. The molecule has 7 heteroatoms.